The number of likely N-dealkylation sites (tertiary alicyclic amines) is 1. The van der Waals surface area contributed by atoms with Gasteiger partial charge in [0.2, 0.25) is 0 Å². The minimum atomic E-state index is -0.648. The van der Waals surface area contributed by atoms with E-state index in [1.54, 1.807) is 11.8 Å². The van der Waals surface area contributed by atoms with Crippen LogP contribution in [0.1, 0.15) is 86.1 Å². The molecular formula is C26H34N2O6. The molecule has 1 spiro atoms. The van der Waals surface area contributed by atoms with Crippen LogP contribution in [0.25, 0.3) is 11.0 Å². The smallest absolute Gasteiger partial charge is 0.409 e. The molecule has 34 heavy (non-hydrogen) atoms. The molecule has 2 aromatic rings. The molecular weight excluding hydrogens is 436 g/mol. The monoisotopic (exact) mass is 470 g/mol. The number of nitrogens with zero attached hydrogens (tertiary/aromatic N) is 1. The topological polar surface area (TPSA) is 101 Å². The number of aryl methyl sites for hydroxylation is 1. The number of hydrogen-bond donors (Lipinski definition) is 2. The van der Waals surface area contributed by atoms with Gasteiger partial charge < -0.3 is 29.2 Å². The number of piperidine rings is 1. The van der Waals surface area contributed by atoms with Crippen LogP contribution in [0.3, 0.4) is 0 Å². The van der Waals surface area contributed by atoms with E-state index in [0.29, 0.717) is 50.3 Å². The minimum Gasteiger partial charge on any atom is -0.487 e. The fraction of sp³-hybridized carbons (Fsp3) is 0.615. The average Bonchev–Trinajstić information content (AvgIpc) is 3.16. The maximum Gasteiger partial charge on any atom is 0.409 e. The van der Waals surface area contributed by atoms with Crippen LogP contribution in [0.4, 0.5) is 4.79 Å². The zero-order valence-corrected chi connectivity index (χ0v) is 20.0. The van der Waals surface area contributed by atoms with Gasteiger partial charge in [0.05, 0.1) is 12.7 Å². The first-order valence-corrected chi connectivity index (χ1v) is 12.6. The van der Waals surface area contributed by atoms with Gasteiger partial charge in [-0.15, -0.1) is 0 Å². The minimum absolute atomic E-state index is 0.0419. The highest BCUT2D eigenvalue weighted by atomic mass is 16.6. The van der Waals surface area contributed by atoms with Gasteiger partial charge in [-0.1, -0.05) is 6.42 Å². The molecule has 5 rings (SSSR count). The van der Waals surface area contributed by atoms with E-state index in [1.165, 1.54) is 6.42 Å². The predicted octanol–water partition coefficient (Wildman–Crippen LogP) is 4.61. The van der Waals surface area contributed by atoms with Crippen LogP contribution in [-0.2, 0) is 4.74 Å². The Morgan fingerprint density at radius 1 is 1.21 bits per heavy atom. The van der Waals surface area contributed by atoms with Crippen LogP contribution < -0.4 is 10.1 Å². The molecule has 1 saturated carbocycles. The first kappa shape index (κ1) is 23.0. The third kappa shape index (κ3) is 4.13. The molecule has 1 aliphatic carbocycles. The fourth-order valence-corrected chi connectivity index (χ4v) is 5.89. The van der Waals surface area contributed by atoms with Gasteiger partial charge in [0, 0.05) is 42.1 Å². The molecule has 8 nitrogen and oxygen atoms in total. The van der Waals surface area contributed by atoms with E-state index in [2.05, 4.69) is 5.32 Å². The molecule has 2 fully saturated rings. The summed E-state index contributed by atoms with van der Waals surface area (Å²) in [7, 11) is 0. The highest BCUT2D eigenvalue weighted by molar-refractivity contribution is 6.00. The Labute approximate surface area is 199 Å². The van der Waals surface area contributed by atoms with Crippen molar-refractivity contribution in [2.45, 2.75) is 83.0 Å². The predicted molar refractivity (Wildman–Crippen MR) is 126 cm³/mol. The summed E-state index contributed by atoms with van der Waals surface area (Å²) >= 11 is 0. The average molecular weight is 471 g/mol. The summed E-state index contributed by atoms with van der Waals surface area (Å²) in [6.07, 6.45) is 6.34. The van der Waals surface area contributed by atoms with Gasteiger partial charge in [0.15, 0.2) is 5.76 Å². The van der Waals surface area contributed by atoms with Crippen molar-refractivity contribution in [3.63, 3.8) is 0 Å². The van der Waals surface area contributed by atoms with Gasteiger partial charge in [-0.05, 0) is 64.5 Å². The standard InChI is InChI=1S/C26H34N2O6/c1-3-32-25(31)28-13-9-17(10-14-28)27-24(30)23-16(2)21-19(33-23)7-8-20-22(21)18(29)15-26(34-20)11-5-4-6-12-26/h7-8,17-18,29H,3-6,9-15H2,1-2H3,(H,27,30)/t18-/m0/s1. The molecule has 3 heterocycles. The zero-order valence-electron chi connectivity index (χ0n) is 20.0. The number of hydrogen-bond acceptors (Lipinski definition) is 6. The molecule has 2 aliphatic heterocycles. The SMILES string of the molecule is CCOC(=O)N1CCC(NC(=O)c2oc3ccc4c(c3c2C)[C@@H](O)CC2(CCCCC2)O4)CC1. The van der Waals surface area contributed by atoms with Crippen molar-refractivity contribution in [3.05, 3.63) is 29.0 Å². The molecule has 0 radical (unpaired) electrons. The van der Waals surface area contributed by atoms with Crippen LogP contribution in [0.5, 0.6) is 5.75 Å². The summed E-state index contributed by atoms with van der Waals surface area (Å²) in [5.74, 6) is 0.698. The van der Waals surface area contributed by atoms with Gasteiger partial charge in [-0.25, -0.2) is 4.79 Å². The number of nitrogens with one attached hydrogen (secondary N) is 1. The van der Waals surface area contributed by atoms with Gasteiger partial charge in [0.1, 0.15) is 16.9 Å². The number of furan rings is 1. The number of rotatable bonds is 3. The number of ether oxygens (including phenoxy) is 2. The number of benzene rings is 1. The third-order valence-electron chi connectivity index (χ3n) is 7.65. The Kier molecular flexibility index (Phi) is 6.18. The van der Waals surface area contributed by atoms with Gasteiger partial charge >= 0.3 is 6.09 Å². The van der Waals surface area contributed by atoms with Crippen LogP contribution in [0.2, 0.25) is 0 Å². The summed E-state index contributed by atoms with van der Waals surface area (Å²) in [4.78, 5) is 26.7. The molecule has 2 amide bonds. The molecule has 3 aliphatic rings. The van der Waals surface area contributed by atoms with Crippen LogP contribution in [0.15, 0.2) is 16.5 Å². The van der Waals surface area contributed by atoms with E-state index in [-0.39, 0.29) is 29.4 Å². The van der Waals surface area contributed by atoms with E-state index in [0.717, 1.165) is 42.2 Å². The zero-order chi connectivity index (χ0) is 23.9. The van der Waals surface area contributed by atoms with Crippen molar-refractivity contribution in [1.82, 2.24) is 10.2 Å². The maximum absolute atomic E-state index is 13.1. The van der Waals surface area contributed by atoms with Crippen molar-refractivity contribution in [2.24, 2.45) is 0 Å². The largest absolute Gasteiger partial charge is 0.487 e. The lowest BCUT2D eigenvalue weighted by molar-refractivity contribution is -0.0374. The Morgan fingerprint density at radius 3 is 2.65 bits per heavy atom. The molecule has 1 atom stereocenters. The number of aliphatic hydroxyl groups excluding tert-OH is 1. The Hall–Kier alpha value is -2.74. The van der Waals surface area contributed by atoms with Crippen molar-refractivity contribution < 1.29 is 28.6 Å². The van der Waals surface area contributed by atoms with E-state index in [4.69, 9.17) is 13.9 Å². The maximum atomic E-state index is 13.1. The van der Waals surface area contributed by atoms with Crippen molar-refractivity contribution >= 4 is 23.0 Å². The molecule has 0 bridgehead atoms. The second kappa shape index (κ2) is 9.13. The van der Waals surface area contributed by atoms with Gasteiger partial charge in [-0.2, -0.15) is 0 Å². The summed E-state index contributed by atoms with van der Waals surface area (Å²) in [5, 5.41) is 15.0. The normalized spacial score (nSPS) is 22.3. The summed E-state index contributed by atoms with van der Waals surface area (Å²) in [5.41, 5.74) is 1.75. The summed E-state index contributed by atoms with van der Waals surface area (Å²) < 4.78 is 17.5. The third-order valence-corrected chi connectivity index (χ3v) is 7.65. The fourth-order valence-electron chi connectivity index (χ4n) is 5.89. The summed E-state index contributed by atoms with van der Waals surface area (Å²) in [6.45, 7) is 5.09. The first-order valence-electron chi connectivity index (χ1n) is 12.6. The van der Waals surface area contributed by atoms with E-state index < -0.39 is 6.10 Å². The number of carbonyl (C=O) groups excluding carboxylic acids is 2. The van der Waals surface area contributed by atoms with Crippen LogP contribution >= 0.6 is 0 Å². The number of aliphatic hydroxyl groups is 1. The molecule has 1 saturated heterocycles. The Bertz CT molecular complexity index is 1080. The second-order valence-electron chi connectivity index (χ2n) is 9.91. The van der Waals surface area contributed by atoms with E-state index >= 15 is 0 Å². The molecule has 8 heteroatoms. The highest BCUT2D eigenvalue weighted by Gasteiger charge is 2.42. The first-order chi connectivity index (χ1) is 16.4. The van der Waals surface area contributed by atoms with Crippen molar-refractivity contribution in [3.8, 4) is 5.75 Å². The highest BCUT2D eigenvalue weighted by Crippen LogP contribution is 2.49. The summed E-state index contributed by atoms with van der Waals surface area (Å²) in [6, 6.07) is 3.66. The van der Waals surface area contributed by atoms with Gasteiger partial charge in [0.25, 0.3) is 5.91 Å². The molecule has 184 valence electrons. The van der Waals surface area contributed by atoms with Gasteiger partial charge in [-0.3, -0.25) is 4.79 Å². The Morgan fingerprint density at radius 2 is 1.94 bits per heavy atom. The lowest BCUT2D eigenvalue weighted by Gasteiger charge is -2.43. The van der Waals surface area contributed by atoms with Crippen molar-refractivity contribution in [1.29, 1.82) is 0 Å². The van der Waals surface area contributed by atoms with Crippen molar-refractivity contribution in [2.75, 3.05) is 19.7 Å². The molecule has 2 N–H and O–H groups in total. The molecule has 1 aromatic heterocycles. The number of amides is 2. The van der Waals surface area contributed by atoms with E-state index in [1.807, 2.05) is 19.1 Å². The lowest BCUT2D eigenvalue weighted by atomic mass is 9.77. The van der Waals surface area contributed by atoms with Crippen LogP contribution in [0, 0.1) is 6.92 Å². The van der Waals surface area contributed by atoms with E-state index in [9.17, 15) is 14.7 Å². The molecule has 0 unspecified atom stereocenters. The van der Waals surface area contributed by atoms with Crippen LogP contribution in [-0.4, -0.2) is 53.3 Å². The quantitative estimate of drug-likeness (QED) is 0.679. The number of fused-ring (bicyclic) bond motifs is 3. The second-order valence-corrected chi connectivity index (χ2v) is 9.91. The lowest BCUT2D eigenvalue weighted by Crippen LogP contribution is -2.46. The Balaban J connectivity index is 1.34. The molecule has 1 aromatic carbocycles. The number of carbonyl (C=O) groups is 2.